The average Bonchev–Trinajstić information content (AvgIpc) is 2.73. The first-order chi connectivity index (χ1) is 13.2. The largest absolute Gasteiger partial charge is 0.378 e. The summed E-state index contributed by atoms with van der Waals surface area (Å²) in [5.41, 5.74) is 2.79. The molecule has 0 aliphatic carbocycles. The van der Waals surface area contributed by atoms with E-state index in [-0.39, 0.29) is 11.7 Å². The number of hydrogen-bond acceptors (Lipinski definition) is 5. The van der Waals surface area contributed by atoms with Crippen molar-refractivity contribution >= 4 is 11.7 Å². The number of ether oxygens (including phenoxy) is 1. The molecule has 0 spiro atoms. The lowest BCUT2D eigenvalue weighted by atomic mass is 10.0. The Labute approximate surface area is 158 Å². The first-order valence-corrected chi connectivity index (χ1v) is 9.42. The lowest BCUT2D eigenvalue weighted by Crippen LogP contribution is -2.41. The zero-order chi connectivity index (χ0) is 18.8. The van der Waals surface area contributed by atoms with Crippen molar-refractivity contribution in [2.24, 2.45) is 0 Å². The smallest absolute Gasteiger partial charge is 0.222 e. The van der Waals surface area contributed by atoms with E-state index in [4.69, 9.17) is 14.7 Å². The Balaban J connectivity index is 1.76. The van der Waals surface area contributed by atoms with Crippen LogP contribution < -0.4 is 4.90 Å². The van der Waals surface area contributed by atoms with Gasteiger partial charge in [0, 0.05) is 43.6 Å². The minimum absolute atomic E-state index is 0.149. The van der Waals surface area contributed by atoms with Crippen molar-refractivity contribution in [3.63, 3.8) is 0 Å². The van der Waals surface area contributed by atoms with E-state index in [9.17, 15) is 9.18 Å². The van der Waals surface area contributed by atoms with Gasteiger partial charge in [0.1, 0.15) is 11.6 Å². The molecule has 0 bridgehead atoms. The van der Waals surface area contributed by atoms with E-state index >= 15 is 0 Å². The average molecular weight is 370 g/mol. The molecule has 7 heteroatoms. The molecule has 3 heterocycles. The number of anilines is 1. The first kappa shape index (κ1) is 17.9. The second kappa shape index (κ2) is 7.60. The Morgan fingerprint density at radius 1 is 1.15 bits per heavy atom. The van der Waals surface area contributed by atoms with E-state index in [2.05, 4.69) is 4.90 Å². The third-order valence-electron chi connectivity index (χ3n) is 5.11. The van der Waals surface area contributed by atoms with Crippen LogP contribution >= 0.6 is 0 Å². The van der Waals surface area contributed by atoms with Crippen molar-refractivity contribution in [1.29, 1.82) is 0 Å². The molecule has 1 aromatic heterocycles. The number of amides is 1. The molecule has 1 aromatic carbocycles. The molecule has 142 valence electrons. The SMILES string of the molecule is CCC(=O)N1CCc2nc(-c3ccc(F)cc3)nc(N3CCOCC3)c2C1. The predicted octanol–water partition coefficient (Wildman–Crippen LogP) is 2.41. The fourth-order valence-corrected chi connectivity index (χ4v) is 3.60. The number of hydrogen-bond donors (Lipinski definition) is 0. The number of benzene rings is 1. The molecule has 0 N–H and O–H groups in total. The summed E-state index contributed by atoms with van der Waals surface area (Å²) in [4.78, 5) is 25.9. The fourth-order valence-electron chi connectivity index (χ4n) is 3.60. The maximum Gasteiger partial charge on any atom is 0.222 e. The molecule has 2 aliphatic heterocycles. The molecule has 4 rings (SSSR count). The number of morpholine rings is 1. The highest BCUT2D eigenvalue weighted by atomic mass is 19.1. The van der Waals surface area contributed by atoms with Crippen LogP contribution in [0.1, 0.15) is 24.6 Å². The number of carbonyl (C=O) groups is 1. The molecule has 2 aliphatic rings. The minimum Gasteiger partial charge on any atom is -0.378 e. The summed E-state index contributed by atoms with van der Waals surface area (Å²) in [6.07, 6.45) is 1.20. The maximum atomic E-state index is 13.3. The zero-order valence-electron chi connectivity index (χ0n) is 15.4. The minimum atomic E-state index is -0.279. The summed E-state index contributed by atoms with van der Waals surface area (Å²) in [6, 6.07) is 6.26. The van der Waals surface area contributed by atoms with Gasteiger partial charge in [-0.3, -0.25) is 4.79 Å². The Hall–Kier alpha value is -2.54. The van der Waals surface area contributed by atoms with Gasteiger partial charge in [-0.1, -0.05) is 6.92 Å². The summed E-state index contributed by atoms with van der Waals surface area (Å²) in [7, 11) is 0. The highest BCUT2D eigenvalue weighted by Crippen LogP contribution is 2.30. The van der Waals surface area contributed by atoms with Crippen LogP contribution in [0.25, 0.3) is 11.4 Å². The van der Waals surface area contributed by atoms with E-state index in [1.54, 1.807) is 12.1 Å². The Morgan fingerprint density at radius 3 is 2.59 bits per heavy atom. The summed E-state index contributed by atoms with van der Waals surface area (Å²) >= 11 is 0. The van der Waals surface area contributed by atoms with Crippen molar-refractivity contribution in [3.05, 3.63) is 41.3 Å². The fraction of sp³-hybridized carbons (Fsp3) is 0.450. The third-order valence-corrected chi connectivity index (χ3v) is 5.11. The number of rotatable bonds is 3. The molecule has 27 heavy (non-hydrogen) atoms. The lowest BCUT2D eigenvalue weighted by Gasteiger charge is -2.34. The number of aromatic nitrogens is 2. The Bertz CT molecular complexity index is 835. The van der Waals surface area contributed by atoms with Crippen molar-refractivity contribution in [2.75, 3.05) is 37.7 Å². The van der Waals surface area contributed by atoms with Crippen LogP contribution in [0.3, 0.4) is 0 Å². The number of halogens is 1. The molecule has 1 fully saturated rings. The van der Waals surface area contributed by atoms with Gasteiger partial charge in [-0.2, -0.15) is 0 Å². The normalized spacial score (nSPS) is 17.0. The number of fused-ring (bicyclic) bond motifs is 1. The Kier molecular flexibility index (Phi) is 5.03. The monoisotopic (exact) mass is 370 g/mol. The van der Waals surface area contributed by atoms with Crippen molar-refractivity contribution < 1.29 is 13.9 Å². The van der Waals surface area contributed by atoms with Gasteiger partial charge in [0.15, 0.2) is 5.82 Å². The van der Waals surface area contributed by atoms with Crippen LogP contribution in [0, 0.1) is 5.82 Å². The second-order valence-corrected chi connectivity index (χ2v) is 6.82. The number of carbonyl (C=O) groups excluding carboxylic acids is 1. The van der Waals surface area contributed by atoms with Crippen molar-refractivity contribution in [1.82, 2.24) is 14.9 Å². The summed E-state index contributed by atoms with van der Waals surface area (Å²) < 4.78 is 18.8. The van der Waals surface area contributed by atoms with Gasteiger partial charge < -0.3 is 14.5 Å². The molecule has 0 atom stereocenters. The predicted molar refractivity (Wildman–Crippen MR) is 99.9 cm³/mol. The third kappa shape index (κ3) is 3.64. The number of nitrogens with zero attached hydrogens (tertiary/aromatic N) is 4. The van der Waals surface area contributed by atoms with Crippen LogP contribution in [-0.2, 0) is 22.5 Å². The molecule has 1 amide bonds. The molecule has 6 nitrogen and oxygen atoms in total. The zero-order valence-corrected chi connectivity index (χ0v) is 15.4. The van der Waals surface area contributed by atoms with Crippen LogP contribution in [0.4, 0.5) is 10.2 Å². The van der Waals surface area contributed by atoms with Gasteiger partial charge in [0.05, 0.1) is 25.5 Å². The van der Waals surface area contributed by atoms with Crippen LogP contribution in [0.15, 0.2) is 24.3 Å². The van der Waals surface area contributed by atoms with Gasteiger partial charge in [-0.05, 0) is 24.3 Å². The van der Waals surface area contributed by atoms with Crippen LogP contribution in [0.2, 0.25) is 0 Å². The van der Waals surface area contributed by atoms with E-state index < -0.39 is 0 Å². The highest BCUT2D eigenvalue weighted by molar-refractivity contribution is 5.76. The van der Waals surface area contributed by atoms with E-state index in [0.29, 0.717) is 45.0 Å². The van der Waals surface area contributed by atoms with E-state index in [1.807, 2.05) is 11.8 Å². The molecular weight excluding hydrogens is 347 g/mol. The quantitative estimate of drug-likeness (QED) is 0.831. The van der Waals surface area contributed by atoms with Crippen LogP contribution in [0.5, 0.6) is 0 Å². The topological polar surface area (TPSA) is 58.6 Å². The van der Waals surface area contributed by atoms with Gasteiger partial charge >= 0.3 is 0 Å². The molecule has 2 aromatic rings. The molecule has 0 saturated carbocycles. The summed E-state index contributed by atoms with van der Waals surface area (Å²) in [5, 5.41) is 0. The van der Waals surface area contributed by atoms with Gasteiger partial charge in [-0.25, -0.2) is 14.4 Å². The summed E-state index contributed by atoms with van der Waals surface area (Å²) in [6.45, 7) is 5.92. The van der Waals surface area contributed by atoms with Crippen molar-refractivity contribution in [3.8, 4) is 11.4 Å². The second-order valence-electron chi connectivity index (χ2n) is 6.82. The molecule has 0 unspecified atom stereocenters. The lowest BCUT2D eigenvalue weighted by molar-refractivity contribution is -0.131. The maximum absolute atomic E-state index is 13.3. The van der Waals surface area contributed by atoms with Gasteiger partial charge in [0.25, 0.3) is 0 Å². The van der Waals surface area contributed by atoms with E-state index in [1.165, 1.54) is 12.1 Å². The molecule has 1 saturated heterocycles. The van der Waals surface area contributed by atoms with E-state index in [0.717, 1.165) is 35.7 Å². The van der Waals surface area contributed by atoms with Gasteiger partial charge in [0.2, 0.25) is 5.91 Å². The molecular formula is C20H23FN4O2. The summed E-state index contributed by atoms with van der Waals surface area (Å²) in [5.74, 6) is 1.34. The van der Waals surface area contributed by atoms with Crippen molar-refractivity contribution in [2.45, 2.75) is 26.3 Å². The highest BCUT2D eigenvalue weighted by Gasteiger charge is 2.28. The standard InChI is InChI=1S/C20H23FN4O2/c1-2-18(26)25-8-7-17-16(13-25)20(24-9-11-27-12-10-24)23-19(22-17)14-3-5-15(21)6-4-14/h3-6H,2,7-13H2,1H3. The molecule has 0 radical (unpaired) electrons. The first-order valence-electron chi connectivity index (χ1n) is 9.42. The Morgan fingerprint density at radius 2 is 1.89 bits per heavy atom. The van der Waals surface area contributed by atoms with Crippen LogP contribution in [-0.4, -0.2) is 53.6 Å². The van der Waals surface area contributed by atoms with Gasteiger partial charge in [-0.15, -0.1) is 0 Å².